The van der Waals surface area contributed by atoms with E-state index in [9.17, 15) is 4.79 Å². The molecule has 0 aliphatic heterocycles. The normalized spacial score (nSPS) is 11.0. The molecule has 4 nitrogen and oxygen atoms in total. The number of aromatic nitrogens is 1. The molecule has 0 radical (unpaired) electrons. The zero-order valence-electron chi connectivity index (χ0n) is 15.4. The highest BCUT2D eigenvalue weighted by Gasteiger charge is 2.09. The zero-order chi connectivity index (χ0) is 18.5. The van der Waals surface area contributed by atoms with Gasteiger partial charge in [0.2, 0.25) is 5.91 Å². The van der Waals surface area contributed by atoms with Gasteiger partial charge in [0.15, 0.2) is 0 Å². The summed E-state index contributed by atoms with van der Waals surface area (Å²) in [7, 11) is 0. The van der Waals surface area contributed by atoms with Crippen LogP contribution in [0.4, 0.5) is 0 Å². The van der Waals surface area contributed by atoms with Gasteiger partial charge < -0.3 is 4.57 Å². The highest BCUT2D eigenvalue weighted by molar-refractivity contribution is 5.84. The van der Waals surface area contributed by atoms with Gasteiger partial charge in [-0.1, -0.05) is 48.0 Å². The van der Waals surface area contributed by atoms with Crippen molar-refractivity contribution in [3.63, 3.8) is 0 Å². The lowest BCUT2D eigenvalue weighted by Gasteiger charge is -2.09. The third kappa shape index (κ3) is 4.09. The Balaban J connectivity index is 1.70. The lowest BCUT2D eigenvalue weighted by atomic mass is 10.1. The summed E-state index contributed by atoms with van der Waals surface area (Å²) in [5.41, 5.74) is 9.14. The Labute approximate surface area is 154 Å². The second kappa shape index (κ2) is 7.83. The van der Waals surface area contributed by atoms with Crippen LogP contribution in [0.1, 0.15) is 28.1 Å². The molecule has 0 bridgehead atoms. The quantitative estimate of drug-likeness (QED) is 0.549. The maximum absolute atomic E-state index is 12.0. The van der Waals surface area contributed by atoms with Gasteiger partial charge in [0.25, 0.3) is 0 Å². The number of hydrogen-bond acceptors (Lipinski definition) is 2. The number of aryl methyl sites for hydroxylation is 2. The standard InChI is InChI=1S/C22H23N3O/c1-16-9-11-21(12-10-16)25-17(2)13-20(18(25)3)15-23-24-22(26)14-19-7-5-4-6-8-19/h4-13,15H,14H2,1-3H3,(H,24,26)/b23-15-. The average Bonchev–Trinajstić information content (AvgIpc) is 2.90. The monoisotopic (exact) mass is 345 g/mol. The lowest BCUT2D eigenvalue weighted by molar-refractivity contribution is -0.120. The first-order chi connectivity index (χ1) is 12.5. The van der Waals surface area contributed by atoms with Crippen molar-refractivity contribution in [2.75, 3.05) is 0 Å². The number of hydrazone groups is 1. The van der Waals surface area contributed by atoms with Crippen molar-refractivity contribution in [3.8, 4) is 5.69 Å². The molecule has 0 fully saturated rings. The third-order valence-corrected chi connectivity index (χ3v) is 4.36. The van der Waals surface area contributed by atoms with E-state index < -0.39 is 0 Å². The number of hydrogen-bond donors (Lipinski definition) is 1. The number of carbonyl (C=O) groups excluding carboxylic acids is 1. The summed E-state index contributed by atoms with van der Waals surface area (Å²) in [6, 6.07) is 20.1. The molecule has 0 saturated carbocycles. The molecule has 1 N–H and O–H groups in total. The Morgan fingerprint density at radius 2 is 1.73 bits per heavy atom. The Morgan fingerprint density at radius 3 is 2.42 bits per heavy atom. The van der Waals surface area contributed by atoms with Crippen molar-refractivity contribution < 1.29 is 4.79 Å². The van der Waals surface area contributed by atoms with Crippen molar-refractivity contribution in [1.82, 2.24) is 9.99 Å². The van der Waals surface area contributed by atoms with E-state index >= 15 is 0 Å². The maximum atomic E-state index is 12.0. The molecular weight excluding hydrogens is 322 g/mol. The van der Waals surface area contributed by atoms with Gasteiger partial charge >= 0.3 is 0 Å². The van der Waals surface area contributed by atoms with Crippen molar-refractivity contribution in [2.24, 2.45) is 5.10 Å². The summed E-state index contributed by atoms with van der Waals surface area (Å²) >= 11 is 0. The van der Waals surface area contributed by atoms with Gasteiger partial charge in [-0.25, -0.2) is 5.43 Å². The zero-order valence-corrected chi connectivity index (χ0v) is 15.4. The van der Waals surface area contributed by atoms with Crippen LogP contribution in [0, 0.1) is 20.8 Å². The molecule has 1 aromatic heterocycles. The van der Waals surface area contributed by atoms with Gasteiger partial charge in [0.1, 0.15) is 0 Å². The third-order valence-electron chi connectivity index (χ3n) is 4.36. The average molecular weight is 345 g/mol. The van der Waals surface area contributed by atoms with Crippen LogP contribution in [0.25, 0.3) is 5.69 Å². The molecular formula is C22H23N3O. The number of rotatable bonds is 5. The molecule has 0 atom stereocenters. The van der Waals surface area contributed by atoms with E-state index in [-0.39, 0.29) is 5.91 Å². The van der Waals surface area contributed by atoms with Crippen molar-refractivity contribution in [3.05, 3.63) is 88.7 Å². The second-order valence-corrected chi connectivity index (χ2v) is 6.45. The Morgan fingerprint density at radius 1 is 1.04 bits per heavy atom. The molecule has 0 saturated heterocycles. The fourth-order valence-corrected chi connectivity index (χ4v) is 3.00. The first kappa shape index (κ1) is 17.7. The molecule has 0 aliphatic carbocycles. The predicted molar refractivity (Wildman–Crippen MR) is 106 cm³/mol. The van der Waals surface area contributed by atoms with E-state index in [1.165, 1.54) is 5.56 Å². The molecule has 132 valence electrons. The minimum absolute atomic E-state index is 0.125. The SMILES string of the molecule is Cc1ccc(-n2c(C)cc(/C=N\NC(=O)Cc3ccccc3)c2C)cc1. The Hall–Kier alpha value is -3.14. The van der Waals surface area contributed by atoms with Crippen molar-refractivity contribution in [1.29, 1.82) is 0 Å². The molecule has 1 heterocycles. The van der Waals surface area contributed by atoms with E-state index in [1.807, 2.05) is 30.3 Å². The van der Waals surface area contributed by atoms with Crippen LogP contribution in [0.2, 0.25) is 0 Å². The maximum Gasteiger partial charge on any atom is 0.244 e. The molecule has 0 unspecified atom stereocenters. The summed E-state index contributed by atoms with van der Waals surface area (Å²) < 4.78 is 2.19. The Bertz CT molecular complexity index is 922. The highest BCUT2D eigenvalue weighted by Crippen LogP contribution is 2.20. The number of benzene rings is 2. The highest BCUT2D eigenvalue weighted by atomic mass is 16.2. The summed E-state index contributed by atoms with van der Waals surface area (Å²) in [6.07, 6.45) is 2.02. The molecule has 2 aromatic carbocycles. The molecule has 4 heteroatoms. The van der Waals surface area contributed by atoms with E-state index in [1.54, 1.807) is 6.21 Å². The largest absolute Gasteiger partial charge is 0.318 e. The summed E-state index contributed by atoms with van der Waals surface area (Å²) in [5.74, 6) is -0.125. The van der Waals surface area contributed by atoms with Crippen LogP contribution < -0.4 is 5.43 Å². The summed E-state index contributed by atoms with van der Waals surface area (Å²) in [5, 5.41) is 4.12. The van der Waals surface area contributed by atoms with E-state index in [0.29, 0.717) is 6.42 Å². The van der Waals surface area contributed by atoms with Crippen LogP contribution in [0.15, 0.2) is 65.8 Å². The fraction of sp³-hybridized carbons (Fsp3) is 0.182. The number of carbonyl (C=O) groups is 1. The first-order valence-electron chi connectivity index (χ1n) is 8.66. The topological polar surface area (TPSA) is 46.4 Å². The van der Waals surface area contributed by atoms with Gasteiger partial charge in [-0.15, -0.1) is 0 Å². The molecule has 26 heavy (non-hydrogen) atoms. The number of nitrogens with zero attached hydrogens (tertiary/aromatic N) is 2. The smallest absolute Gasteiger partial charge is 0.244 e. The minimum atomic E-state index is -0.125. The van der Waals surface area contributed by atoms with Crippen LogP contribution >= 0.6 is 0 Å². The molecule has 3 aromatic rings. The van der Waals surface area contributed by atoms with Crippen LogP contribution in [-0.4, -0.2) is 16.7 Å². The minimum Gasteiger partial charge on any atom is -0.318 e. The lowest BCUT2D eigenvalue weighted by Crippen LogP contribution is -2.19. The second-order valence-electron chi connectivity index (χ2n) is 6.45. The van der Waals surface area contributed by atoms with Crippen LogP contribution in [0.3, 0.4) is 0 Å². The molecule has 3 rings (SSSR count). The van der Waals surface area contributed by atoms with Crippen LogP contribution in [0.5, 0.6) is 0 Å². The van der Waals surface area contributed by atoms with Crippen molar-refractivity contribution in [2.45, 2.75) is 27.2 Å². The number of nitrogens with one attached hydrogen (secondary N) is 1. The van der Waals surface area contributed by atoms with Gasteiger partial charge in [0.05, 0.1) is 12.6 Å². The first-order valence-corrected chi connectivity index (χ1v) is 8.66. The molecule has 1 amide bonds. The van der Waals surface area contributed by atoms with E-state index in [0.717, 1.165) is 28.2 Å². The summed E-state index contributed by atoms with van der Waals surface area (Å²) in [6.45, 7) is 6.20. The number of amides is 1. The van der Waals surface area contributed by atoms with Gasteiger partial charge in [-0.2, -0.15) is 5.10 Å². The van der Waals surface area contributed by atoms with E-state index in [2.05, 4.69) is 66.2 Å². The molecule has 0 aliphatic rings. The van der Waals surface area contributed by atoms with Crippen LogP contribution in [-0.2, 0) is 11.2 Å². The van der Waals surface area contributed by atoms with Crippen molar-refractivity contribution >= 4 is 12.1 Å². The van der Waals surface area contributed by atoms with Gasteiger partial charge in [0, 0.05) is 22.6 Å². The van der Waals surface area contributed by atoms with E-state index in [4.69, 9.17) is 0 Å². The predicted octanol–water partition coefficient (Wildman–Crippen LogP) is 4.10. The fourth-order valence-electron chi connectivity index (χ4n) is 3.00. The van der Waals surface area contributed by atoms with Gasteiger partial charge in [-0.3, -0.25) is 4.79 Å². The van der Waals surface area contributed by atoms with Gasteiger partial charge in [-0.05, 0) is 44.5 Å². The molecule has 0 spiro atoms. The Kier molecular flexibility index (Phi) is 5.32. The summed E-state index contributed by atoms with van der Waals surface area (Å²) in [4.78, 5) is 12.0.